The molecule has 0 spiro atoms. The Morgan fingerprint density at radius 3 is 1.50 bits per heavy atom. The van der Waals surface area contributed by atoms with Crippen molar-refractivity contribution in [2.24, 2.45) is 11.8 Å². The molecule has 0 radical (unpaired) electrons. The van der Waals surface area contributed by atoms with E-state index in [4.69, 9.17) is 33.9 Å². The molecule has 0 aliphatic carbocycles. The van der Waals surface area contributed by atoms with Gasteiger partial charge in [0, 0.05) is 0 Å². The number of amides is 2. The number of thiocarbonyl (C=S) groups is 2. The van der Waals surface area contributed by atoms with E-state index >= 15 is 0 Å². The van der Waals surface area contributed by atoms with Crippen molar-refractivity contribution in [3.05, 3.63) is 24.3 Å². The third-order valence-electron chi connectivity index (χ3n) is 2.95. The van der Waals surface area contributed by atoms with Crippen molar-refractivity contribution in [1.29, 1.82) is 0 Å². The molecule has 0 saturated carbocycles. The summed E-state index contributed by atoms with van der Waals surface area (Å²) in [5, 5.41) is 10.8. The quantitative estimate of drug-likeness (QED) is 0.509. The van der Waals surface area contributed by atoms with Crippen LogP contribution in [0.4, 0.5) is 21.0 Å². The molecular formula is C18H26N4O4S2. The van der Waals surface area contributed by atoms with E-state index in [0.29, 0.717) is 24.6 Å². The van der Waals surface area contributed by atoms with Crippen LogP contribution in [-0.2, 0) is 9.47 Å². The van der Waals surface area contributed by atoms with E-state index in [1.165, 1.54) is 0 Å². The highest BCUT2D eigenvalue weighted by atomic mass is 32.1. The topological polar surface area (TPSA) is 101 Å². The average Bonchev–Trinajstić information content (AvgIpc) is 2.59. The van der Waals surface area contributed by atoms with Gasteiger partial charge in [-0.05, 0) is 48.4 Å². The number of ether oxygens (including phenoxy) is 2. The minimum absolute atomic E-state index is 0.0678. The first-order chi connectivity index (χ1) is 13.2. The van der Waals surface area contributed by atoms with Crippen molar-refractivity contribution in [1.82, 2.24) is 10.6 Å². The van der Waals surface area contributed by atoms with Crippen LogP contribution in [0.25, 0.3) is 0 Å². The van der Waals surface area contributed by atoms with E-state index < -0.39 is 12.2 Å². The van der Waals surface area contributed by atoms with Crippen molar-refractivity contribution >= 4 is 58.2 Å². The molecule has 0 heterocycles. The Hall–Kier alpha value is -2.46. The van der Waals surface area contributed by atoms with Crippen LogP contribution < -0.4 is 21.3 Å². The summed E-state index contributed by atoms with van der Waals surface area (Å²) in [5.41, 5.74) is 1.10. The Morgan fingerprint density at radius 2 is 1.18 bits per heavy atom. The fourth-order valence-corrected chi connectivity index (χ4v) is 2.14. The minimum atomic E-state index is -0.637. The molecule has 2 amide bonds. The van der Waals surface area contributed by atoms with Gasteiger partial charge in [0.1, 0.15) is 0 Å². The molecule has 8 nitrogen and oxygen atoms in total. The number of carbonyl (C=O) groups is 2. The van der Waals surface area contributed by atoms with Gasteiger partial charge in [-0.15, -0.1) is 0 Å². The van der Waals surface area contributed by atoms with Crippen LogP contribution in [-0.4, -0.2) is 35.6 Å². The van der Waals surface area contributed by atoms with Crippen LogP contribution in [0.15, 0.2) is 24.3 Å². The van der Waals surface area contributed by atoms with E-state index in [-0.39, 0.29) is 22.1 Å². The SMILES string of the molecule is CC(C)COC(=O)NC(=S)Nc1ccccc1NC(=S)NC(=O)OCC(C)C. The number of para-hydroxylation sites is 2. The zero-order valence-corrected chi connectivity index (χ0v) is 18.0. The number of carbonyl (C=O) groups excluding carboxylic acids is 2. The second kappa shape index (κ2) is 12.1. The van der Waals surface area contributed by atoms with E-state index in [1.807, 2.05) is 27.7 Å². The zero-order valence-electron chi connectivity index (χ0n) is 16.3. The standard InChI is InChI=1S/C18H26N4O4S2/c1-11(2)9-25-17(23)21-15(27)19-13-7-5-6-8-14(13)20-16(28)22-18(24)26-10-12(3)4/h5-8,11-12H,9-10H2,1-4H3,(H2,19,21,23,27)(H2,20,22,24,28). The van der Waals surface area contributed by atoms with Gasteiger partial charge in [0.15, 0.2) is 10.2 Å². The fourth-order valence-electron chi connectivity index (χ4n) is 1.75. The highest BCUT2D eigenvalue weighted by Gasteiger charge is 2.11. The maximum atomic E-state index is 11.7. The first-order valence-corrected chi connectivity index (χ1v) is 9.57. The van der Waals surface area contributed by atoms with Crippen molar-refractivity contribution in [3.8, 4) is 0 Å². The maximum Gasteiger partial charge on any atom is 0.413 e. The van der Waals surface area contributed by atoms with Crippen LogP contribution in [0.3, 0.4) is 0 Å². The largest absolute Gasteiger partial charge is 0.449 e. The number of anilines is 2. The average molecular weight is 427 g/mol. The molecule has 0 aromatic heterocycles. The lowest BCUT2D eigenvalue weighted by Crippen LogP contribution is -2.36. The maximum absolute atomic E-state index is 11.7. The van der Waals surface area contributed by atoms with Gasteiger partial charge < -0.3 is 20.1 Å². The Bertz CT molecular complexity index is 652. The smallest absolute Gasteiger partial charge is 0.413 e. The summed E-state index contributed by atoms with van der Waals surface area (Å²) in [4.78, 5) is 23.4. The van der Waals surface area contributed by atoms with Gasteiger partial charge >= 0.3 is 12.2 Å². The van der Waals surface area contributed by atoms with Crippen molar-refractivity contribution < 1.29 is 19.1 Å². The van der Waals surface area contributed by atoms with Gasteiger partial charge in [-0.25, -0.2) is 9.59 Å². The summed E-state index contributed by atoms with van der Waals surface area (Å²) in [7, 11) is 0. The predicted octanol–water partition coefficient (Wildman–Crippen LogP) is 3.84. The molecule has 10 heteroatoms. The molecule has 28 heavy (non-hydrogen) atoms. The molecule has 0 fully saturated rings. The molecule has 1 rings (SSSR count). The predicted molar refractivity (Wildman–Crippen MR) is 118 cm³/mol. The number of nitrogens with one attached hydrogen (secondary N) is 4. The van der Waals surface area contributed by atoms with Gasteiger partial charge in [-0.2, -0.15) is 0 Å². The van der Waals surface area contributed by atoms with Gasteiger partial charge in [0.25, 0.3) is 0 Å². The second-order valence-corrected chi connectivity index (χ2v) is 7.50. The molecule has 0 atom stereocenters. The van der Waals surface area contributed by atoms with Crippen molar-refractivity contribution in [3.63, 3.8) is 0 Å². The van der Waals surface area contributed by atoms with Crippen LogP contribution in [0.1, 0.15) is 27.7 Å². The molecule has 1 aromatic carbocycles. The third kappa shape index (κ3) is 10.0. The lowest BCUT2D eigenvalue weighted by molar-refractivity contribution is 0.137. The van der Waals surface area contributed by atoms with Crippen molar-refractivity contribution in [2.75, 3.05) is 23.8 Å². The summed E-state index contributed by atoms with van der Waals surface area (Å²) >= 11 is 10.2. The van der Waals surface area contributed by atoms with Gasteiger partial charge in [0.05, 0.1) is 24.6 Å². The van der Waals surface area contributed by atoms with Gasteiger partial charge in [0.2, 0.25) is 0 Å². The van der Waals surface area contributed by atoms with Crippen molar-refractivity contribution in [2.45, 2.75) is 27.7 Å². The molecule has 0 aliphatic heterocycles. The van der Waals surface area contributed by atoms with Gasteiger partial charge in [-0.3, -0.25) is 10.6 Å². The van der Waals surface area contributed by atoms with E-state index in [0.717, 1.165) is 0 Å². The van der Waals surface area contributed by atoms with Crippen LogP contribution >= 0.6 is 24.4 Å². The summed E-state index contributed by atoms with van der Waals surface area (Å²) in [6, 6.07) is 7.02. The Kier molecular flexibility index (Phi) is 10.2. The second-order valence-electron chi connectivity index (χ2n) is 6.69. The number of hydrogen-bond donors (Lipinski definition) is 4. The van der Waals surface area contributed by atoms with E-state index in [9.17, 15) is 9.59 Å². The number of rotatable bonds is 6. The lowest BCUT2D eigenvalue weighted by atomic mass is 10.2. The summed E-state index contributed by atoms with van der Waals surface area (Å²) in [6.45, 7) is 8.31. The Labute approximate surface area is 175 Å². The highest BCUT2D eigenvalue weighted by Crippen LogP contribution is 2.20. The molecule has 0 unspecified atom stereocenters. The monoisotopic (exact) mass is 426 g/mol. The molecular weight excluding hydrogens is 400 g/mol. The molecule has 4 N–H and O–H groups in total. The van der Waals surface area contributed by atoms with Crippen LogP contribution in [0, 0.1) is 11.8 Å². The van der Waals surface area contributed by atoms with Crippen LogP contribution in [0.5, 0.6) is 0 Å². The third-order valence-corrected chi connectivity index (χ3v) is 3.36. The molecule has 1 aromatic rings. The van der Waals surface area contributed by atoms with E-state index in [2.05, 4.69) is 21.3 Å². The van der Waals surface area contributed by atoms with Crippen LogP contribution in [0.2, 0.25) is 0 Å². The lowest BCUT2D eigenvalue weighted by Gasteiger charge is -2.16. The Morgan fingerprint density at radius 1 is 0.821 bits per heavy atom. The number of benzene rings is 1. The van der Waals surface area contributed by atoms with E-state index in [1.54, 1.807) is 24.3 Å². The Balaban J connectivity index is 2.59. The molecule has 0 bridgehead atoms. The normalized spacial score (nSPS) is 10.2. The summed E-state index contributed by atoms with van der Waals surface area (Å²) in [5.74, 6) is 0.441. The minimum Gasteiger partial charge on any atom is -0.449 e. The zero-order chi connectivity index (χ0) is 21.1. The summed E-state index contributed by atoms with van der Waals surface area (Å²) in [6.07, 6.45) is -1.27. The number of alkyl carbamates (subject to hydrolysis) is 2. The molecule has 154 valence electrons. The number of hydrogen-bond acceptors (Lipinski definition) is 6. The van der Waals surface area contributed by atoms with Gasteiger partial charge in [-0.1, -0.05) is 39.8 Å². The fraction of sp³-hybridized carbons (Fsp3) is 0.444. The first-order valence-electron chi connectivity index (χ1n) is 8.76. The first kappa shape index (κ1) is 23.6. The summed E-state index contributed by atoms with van der Waals surface area (Å²) < 4.78 is 10.0. The highest BCUT2D eigenvalue weighted by molar-refractivity contribution is 7.80. The molecule has 0 saturated heterocycles. The molecule has 0 aliphatic rings.